The van der Waals surface area contributed by atoms with Crippen LogP contribution in [0.3, 0.4) is 0 Å². The molecule has 0 amide bonds. The first kappa shape index (κ1) is 12.9. The maximum atomic E-state index is 5.99. The fraction of sp³-hybridized carbons (Fsp3) is 1.00. The van der Waals surface area contributed by atoms with Gasteiger partial charge >= 0.3 is 0 Å². The Balaban J connectivity index is 2.35. The van der Waals surface area contributed by atoms with Crippen molar-refractivity contribution in [2.75, 3.05) is 26.7 Å². The minimum Gasteiger partial charge on any atom is -0.381 e. The molecule has 1 aliphatic rings. The zero-order valence-electron chi connectivity index (χ0n) is 10.6. The lowest BCUT2D eigenvalue weighted by atomic mass is 9.85. The van der Waals surface area contributed by atoms with Gasteiger partial charge in [0.05, 0.1) is 6.10 Å². The Labute approximate surface area is 94.0 Å². The molecule has 2 N–H and O–H groups in total. The number of rotatable bonds is 4. The first-order chi connectivity index (χ1) is 6.95. The summed E-state index contributed by atoms with van der Waals surface area (Å²) in [5.41, 5.74) is 6.20. The highest BCUT2D eigenvalue weighted by molar-refractivity contribution is 4.83. The molecule has 1 saturated heterocycles. The van der Waals surface area contributed by atoms with Crippen LogP contribution in [0.1, 0.15) is 33.6 Å². The zero-order chi connectivity index (χ0) is 11.5. The van der Waals surface area contributed by atoms with Gasteiger partial charge in [0.2, 0.25) is 0 Å². The third-order valence-electron chi connectivity index (χ3n) is 3.73. The normalized spacial score (nSPS) is 23.0. The molecule has 0 saturated carbocycles. The van der Waals surface area contributed by atoms with E-state index in [1.54, 1.807) is 0 Å². The number of ether oxygens (including phenoxy) is 1. The number of nitrogens with zero attached hydrogens (tertiary/aromatic N) is 1. The van der Waals surface area contributed by atoms with Crippen LogP contribution < -0.4 is 5.73 Å². The van der Waals surface area contributed by atoms with Crippen molar-refractivity contribution in [2.24, 2.45) is 11.1 Å². The second-order valence-electron chi connectivity index (χ2n) is 5.49. The number of nitrogens with two attached hydrogens (primary N) is 1. The maximum absolute atomic E-state index is 5.99. The second kappa shape index (κ2) is 5.28. The molecule has 15 heavy (non-hydrogen) atoms. The molecule has 1 atom stereocenters. The van der Waals surface area contributed by atoms with Gasteiger partial charge in [-0.05, 0) is 25.2 Å². The molecule has 1 aliphatic heterocycles. The van der Waals surface area contributed by atoms with Gasteiger partial charge < -0.3 is 15.4 Å². The molecule has 0 radical (unpaired) electrons. The average molecular weight is 214 g/mol. The first-order valence-electron chi connectivity index (χ1n) is 5.96. The quantitative estimate of drug-likeness (QED) is 0.770. The Kier molecular flexibility index (Phi) is 4.56. The minimum absolute atomic E-state index is 0.208. The number of hydrogen-bond donors (Lipinski definition) is 1. The van der Waals surface area contributed by atoms with Gasteiger partial charge in [-0.3, -0.25) is 0 Å². The summed E-state index contributed by atoms with van der Waals surface area (Å²) in [6, 6.07) is 0.248. The van der Waals surface area contributed by atoms with Crippen molar-refractivity contribution in [3.05, 3.63) is 0 Å². The summed E-state index contributed by atoms with van der Waals surface area (Å²) in [4.78, 5) is 2.51. The average Bonchev–Trinajstić information content (AvgIpc) is 2.18. The van der Waals surface area contributed by atoms with Crippen LogP contribution in [0.4, 0.5) is 0 Å². The number of likely N-dealkylation sites (tertiary alicyclic amines) is 1. The van der Waals surface area contributed by atoms with E-state index in [0.717, 1.165) is 32.5 Å². The number of methoxy groups -OCH3 is 1. The van der Waals surface area contributed by atoms with Gasteiger partial charge in [0.25, 0.3) is 0 Å². The van der Waals surface area contributed by atoms with E-state index >= 15 is 0 Å². The van der Waals surface area contributed by atoms with Crippen LogP contribution in [0, 0.1) is 5.41 Å². The Morgan fingerprint density at radius 1 is 1.40 bits per heavy atom. The molecule has 1 heterocycles. The van der Waals surface area contributed by atoms with Crippen LogP contribution in [0.25, 0.3) is 0 Å². The van der Waals surface area contributed by atoms with E-state index in [1.165, 1.54) is 0 Å². The van der Waals surface area contributed by atoms with Gasteiger partial charge in [0, 0.05) is 32.8 Å². The van der Waals surface area contributed by atoms with E-state index in [9.17, 15) is 0 Å². The standard InChI is InChI=1S/C12H26N2O/c1-10(13)12(2,3)9-14-7-5-11(15-4)6-8-14/h10-11H,5-9,13H2,1-4H3. The lowest BCUT2D eigenvalue weighted by Crippen LogP contribution is -2.47. The summed E-state index contributed by atoms with van der Waals surface area (Å²) >= 11 is 0. The van der Waals surface area contributed by atoms with Crippen molar-refractivity contribution >= 4 is 0 Å². The highest BCUT2D eigenvalue weighted by Gasteiger charge is 2.28. The van der Waals surface area contributed by atoms with E-state index < -0.39 is 0 Å². The van der Waals surface area contributed by atoms with Gasteiger partial charge in [-0.15, -0.1) is 0 Å². The lowest BCUT2D eigenvalue weighted by Gasteiger charge is -2.38. The Hall–Kier alpha value is -0.120. The molecule has 1 rings (SSSR count). The minimum atomic E-state index is 0.208. The first-order valence-corrected chi connectivity index (χ1v) is 5.96. The summed E-state index contributed by atoms with van der Waals surface area (Å²) in [6.45, 7) is 9.99. The number of hydrogen-bond acceptors (Lipinski definition) is 3. The predicted molar refractivity (Wildman–Crippen MR) is 63.9 cm³/mol. The van der Waals surface area contributed by atoms with E-state index in [-0.39, 0.29) is 11.5 Å². The summed E-state index contributed by atoms with van der Waals surface area (Å²) in [5, 5.41) is 0. The highest BCUT2D eigenvalue weighted by Crippen LogP contribution is 2.23. The molecule has 0 aromatic heterocycles. The fourth-order valence-electron chi connectivity index (χ4n) is 2.02. The smallest absolute Gasteiger partial charge is 0.0595 e. The predicted octanol–water partition coefficient (Wildman–Crippen LogP) is 1.47. The molecule has 1 unspecified atom stereocenters. The monoisotopic (exact) mass is 214 g/mol. The van der Waals surface area contributed by atoms with E-state index in [4.69, 9.17) is 10.5 Å². The molecule has 0 aliphatic carbocycles. The van der Waals surface area contributed by atoms with Crippen LogP contribution in [-0.4, -0.2) is 43.8 Å². The molecule has 90 valence electrons. The number of piperidine rings is 1. The molecule has 3 heteroatoms. The SMILES string of the molecule is COC1CCN(CC(C)(C)C(C)N)CC1. The van der Waals surface area contributed by atoms with Gasteiger partial charge in [0.1, 0.15) is 0 Å². The van der Waals surface area contributed by atoms with Crippen molar-refractivity contribution < 1.29 is 4.74 Å². The fourth-order valence-corrected chi connectivity index (χ4v) is 2.02. The third-order valence-corrected chi connectivity index (χ3v) is 3.73. The molecule has 0 spiro atoms. The summed E-state index contributed by atoms with van der Waals surface area (Å²) in [5.74, 6) is 0. The maximum Gasteiger partial charge on any atom is 0.0595 e. The molecular formula is C12H26N2O. The third kappa shape index (κ3) is 3.74. The van der Waals surface area contributed by atoms with Crippen molar-refractivity contribution in [3.63, 3.8) is 0 Å². The van der Waals surface area contributed by atoms with Crippen molar-refractivity contribution in [1.29, 1.82) is 0 Å². The van der Waals surface area contributed by atoms with Crippen LogP contribution >= 0.6 is 0 Å². The van der Waals surface area contributed by atoms with Crippen molar-refractivity contribution in [3.8, 4) is 0 Å². The van der Waals surface area contributed by atoms with Crippen molar-refractivity contribution in [2.45, 2.75) is 45.8 Å². The zero-order valence-corrected chi connectivity index (χ0v) is 10.6. The lowest BCUT2D eigenvalue weighted by molar-refractivity contribution is 0.0277. The van der Waals surface area contributed by atoms with E-state index in [0.29, 0.717) is 6.10 Å². The molecule has 0 aromatic rings. The molecule has 3 nitrogen and oxygen atoms in total. The Morgan fingerprint density at radius 2 is 1.93 bits per heavy atom. The van der Waals surface area contributed by atoms with Gasteiger partial charge in [-0.25, -0.2) is 0 Å². The Morgan fingerprint density at radius 3 is 2.33 bits per heavy atom. The second-order valence-corrected chi connectivity index (χ2v) is 5.49. The topological polar surface area (TPSA) is 38.5 Å². The largest absolute Gasteiger partial charge is 0.381 e. The van der Waals surface area contributed by atoms with Crippen LogP contribution in [0.5, 0.6) is 0 Å². The van der Waals surface area contributed by atoms with E-state index in [2.05, 4.69) is 25.7 Å². The van der Waals surface area contributed by atoms with Crippen molar-refractivity contribution in [1.82, 2.24) is 4.90 Å². The Bertz CT molecular complexity index is 184. The highest BCUT2D eigenvalue weighted by atomic mass is 16.5. The summed E-state index contributed by atoms with van der Waals surface area (Å²) in [7, 11) is 1.81. The summed E-state index contributed by atoms with van der Waals surface area (Å²) < 4.78 is 5.37. The van der Waals surface area contributed by atoms with Crippen LogP contribution in [0.2, 0.25) is 0 Å². The van der Waals surface area contributed by atoms with Gasteiger partial charge in [-0.2, -0.15) is 0 Å². The summed E-state index contributed by atoms with van der Waals surface area (Å²) in [6.07, 6.45) is 2.79. The van der Waals surface area contributed by atoms with E-state index in [1.807, 2.05) is 7.11 Å². The molecular weight excluding hydrogens is 188 g/mol. The van der Waals surface area contributed by atoms with Gasteiger partial charge in [0.15, 0.2) is 0 Å². The molecule has 1 fully saturated rings. The van der Waals surface area contributed by atoms with Crippen LogP contribution in [-0.2, 0) is 4.74 Å². The molecule has 0 aromatic carbocycles. The van der Waals surface area contributed by atoms with Gasteiger partial charge in [-0.1, -0.05) is 13.8 Å². The van der Waals surface area contributed by atoms with Crippen LogP contribution in [0.15, 0.2) is 0 Å². The molecule has 0 bridgehead atoms.